The van der Waals surface area contributed by atoms with Gasteiger partial charge in [-0.1, -0.05) is 30.3 Å². The zero-order chi connectivity index (χ0) is 11.1. The summed E-state index contributed by atoms with van der Waals surface area (Å²) in [5.41, 5.74) is 1.13. The zero-order valence-corrected chi connectivity index (χ0v) is 9.13. The van der Waals surface area contributed by atoms with E-state index in [1.807, 2.05) is 30.3 Å². The third-order valence-electron chi connectivity index (χ3n) is 1.91. The second kappa shape index (κ2) is 5.82. The van der Waals surface area contributed by atoms with Crippen LogP contribution in [0.2, 0.25) is 0 Å². The minimum Gasteiger partial charge on any atom is -0.313 e. The van der Waals surface area contributed by atoms with Gasteiger partial charge in [-0.15, -0.1) is 3.89 Å². The summed E-state index contributed by atoms with van der Waals surface area (Å²) in [6.07, 6.45) is 0.297. The minimum atomic E-state index is -4.31. The Hall–Kier alpha value is -0.940. The molecule has 0 saturated heterocycles. The van der Waals surface area contributed by atoms with E-state index in [-0.39, 0.29) is 0 Å². The van der Waals surface area contributed by atoms with Crippen LogP contribution in [0.15, 0.2) is 30.3 Å². The SMILES string of the molecule is O=S(=O)(F)CCCNCc1ccccc1. The molecular weight excluding hydrogens is 217 g/mol. The maximum Gasteiger partial charge on any atom is 0.302 e. The molecule has 1 aromatic carbocycles. The Morgan fingerprint density at radius 3 is 2.47 bits per heavy atom. The summed E-state index contributed by atoms with van der Waals surface area (Å²) < 4.78 is 32.4. The third kappa shape index (κ3) is 6.19. The van der Waals surface area contributed by atoms with Gasteiger partial charge in [0.25, 0.3) is 0 Å². The van der Waals surface area contributed by atoms with Crippen molar-refractivity contribution >= 4 is 10.2 Å². The summed E-state index contributed by atoms with van der Waals surface area (Å²) >= 11 is 0. The minimum absolute atomic E-state index is 0.297. The highest BCUT2D eigenvalue weighted by atomic mass is 32.3. The molecule has 0 aromatic heterocycles. The number of hydrogen-bond acceptors (Lipinski definition) is 3. The van der Waals surface area contributed by atoms with E-state index in [9.17, 15) is 12.3 Å². The van der Waals surface area contributed by atoms with Crippen molar-refractivity contribution in [2.24, 2.45) is 0 Å². The fraction of sp³-hybridized carbons (Fsp3) is 0.400. The Balaban J connectivity index is 2.13. The topological polar surface area (TPSA) is 46.2 Å². The van der Waals surface area contributed by atoms with Crippen LogP contribution in [0.3, 0.4) is 0 Å². The molecule has 0 atom stereocenters. The smallest absolute Gasteiger partial charge is 0.302 e. The lowest BCUT2D eigenvalue weighted by Gasteiger charge is -2.03. The van der Waals surface area contributed by atoms with Crippen LogP contribution in [0.1, 0.15) is 12.0 Å². The first kappa shape index (κ1) is 12.1. The first-order valence-electron chi connectivity index (χ1n) is 4.75. The van der Waals surface area contributed by atoms with Gasteiger partial charge in [-0.05, 0) is 18.5 Å². The van der Waals surface area contributed by atoms with E-state index in [0.717, 1.165) is 5.56 Å². The van der Waals surface area contributed by atoms with E-state index < -0.39 is 16.0 Å². The van der Waals surface area contributed by atoms with Crippen molar-refractivity contribution in [3.8, 4) is 0 Å². The predicted molar refractivity (Wildman–Crippen MR) is 57.7 cm³/mol. The maximum atomic E-state index is 12.1. The van der Waals surface area contributed by atoms with Crippen molar-refractivity contribution < 1.29 is 12.3 Å². The molecule has 0 aliphatic carbocycles. The molecule has 0 heterocycles. The molecule has 1 aromatic rings. The number of rotatable bonds is 6. The van der Waals surface area contributed by atoms with Gasteiger partial charge in [-0.3, -0.25) is 0 Å². The summed E-state index contributed by atoms with van der Waals surface area (Å²) in [7, 11) is -4.31. The van der Waals surface area contributed by atoms with Gasteiger partial charge >= 0.3 is 10.2 Å². The largest absolute Gasteiger partial charge is 0.313 e. The van der Waals surface area contributed by atoms with Gasteiger partial charge in [0.15, 0.2) is 0 Å². The van der Waals surface area contributed by atoms with Crippen LogP contribution >= 0.6 is 0 Å². The Morgan fingerprint density at radius 1 is 1.20 bits per heavy atom. The quantitative estimate of drug-likeness (QED) is 0.595. The summed E-state index contributed by atoms with van der Waals surface area (Å²) in [6, 6.07) is 9.74. The van der Waals surface area contributed by atoms with Crippen molar-refractivity contribution in [1.29, 1.82) is 0 Å². The van der Waals surface area contributed by atoms with Crippen LogP contribution in [0.4, 0.5) is 3.89 Å². The molecule has 1 N–H and O–H groups in total. The molecule has 1 rings (SSSR count). The normalized spacial score (nSPS) is 11.5. The van der Waals surface area contributed by atoms with Crippen LogP contribution in [0, 0.1) is 0 Å². The Kier molecular flexibility index (Phi) is 4.71. The number of nitrogens with one attached hydrogen (secondary N) is 1. The van der Waals surface area contributed by atoms with Crippen LogP contribution in [0.25, 0.3) is 0 Å². The van der Waals surface area contributed by atoms with Crippen molar-refractivity contribution in [2.75, 3.05) is 12.3 Å². The van der Waals surface area contributed by atoms with Gasteiger partial charge in [-0.25, -0.2) is 0 Å². The Bertz CT molecular complexity index is 378. The Labute approximate surface area is 89.5 Å². The predicted octanol–water partition coefficient (Wildman–Crippen LogP) is 1.47. The van der Waals surface area contributed by atoms with Crippen molar-refractivity contribution in [1.82, 2.24) is 5.32 Å². The summed E-state index contributed by atoms with van der Waals surface area (Å²) in [5, 5.41) is 3.04. The second-order valence-electron chi connectivity index (χ2n) is 3.26. The standard InChI is InChI=1S/C10H14FNO2S/c11-15(13,14)8-4-7-12-9-10-5-2-1-3-6-10/h1-3,5-6,12H,4,7-9H2. The van der Waals surface area contributed by atoms with E-state index in [0.29, 0.717) is 19.5 Å². The zero-order valence-electron chi connectivity index (χ0n) is 8.32. The number of halogens is 1. The lowest BCUT2D eigenvalue weighted by molar-refractivity contribution is 0.546. The van der Waals surface area contributed by atoms with E-state index in [4.69, 9.17) is 0 Å². The molecule has 0 spiro atoms. The molecule has 0 aliphatic rings. The molecule has 15 heavy (non-hydrogen) atoms. The van der Waals surface area contributed by atoms with Crippen molar-refractivity contribution in [3.05, 3.63) is 35.9 Å². The highest BCUT2D eigenvalue weighted by Gasteiger charge is 2.05. The van der Waals surface area contributed by atoms with Gasteiger partial charge in [0, 0.05) is 6.54 Å². The average Bonchev–Trinajstić information content (AvgIpc) is 2.17. The second-order valence-corrected chi connectivity index (χ2v) is 4.74. The van der Waals surface area contributed by atoms with Crippen LogP contribution in [-0.2, 0) is 16.8 Å². The Morgan fingerprint density at radius 2 is 1.87 bits per heavy atom. The summed E-state index contributed by atoms with van der Waals surface area (Å²) in [6.45, 7) is 1.17. The molecule has 0 fully saturated rings. The number of hydrogen-bond donors (Lipinski definition) is 1. The van der Waals surface area contributed by atoms with Gasteiger partial charge in [0.05, 0.1) is 5.75 Å². The highest BCUT2D eigenvalue weighted by Crippen LogP contribution is 1.98. The molecule has 84 valence electrons. The van der Waals surface area contributed by atoms with E-state index in [1.165, 1.54) is 0 Å². The van der Waals surface area contributed by atoms with E-state index >= 15 is 0 Å². The van der Waals surface area contributed by atoms with Gasteiger partial charge in [-0.2, -0.15) is 8.42 Å². The summed E-state index contributed by atoms with van der Waals surface area (Å²) in [4.78, 5) is 0. The molecule has 0 aliphatic heterocycles. The van der Waals surface area contributed by atoms with E-state index in [1.54, 1.807) is 0 Å². The van der Waals surface area contributed by atoms with Gasteiger partial charge in [0.1, 0.15) is 0 Å². The fourth-order valence-electron chi connectivity index (χ4n) is 1.20. The van der Waals surface area contributed by atoms with Crippen LogP contribution < -0.4 is 5.32 Å². The molecular formula is C10H14FNO2S. The van der Waals surface area contributed by atoms with Gasteiger partial charge < -0.3 is 5.32 Å². The van der Waals surface area contributed by atoms with Crippen LogP contribution in [0.5, 0.6) is 0 Å². The molecule has 0 saturated carbocycles. The van der Waals surface area contributed by atoms with Crippen molar-refractivity contribution in [3.63, 3.8) is 0 Å². The molecule has 0 bridgehead atoms. The molecule has 3 nitrogen and oxygen atoms in total. The summed E-state index contributed by atoms with van der Waals surface area (Å²) in [5.74, 6) is -0.408. The first-order valence-corrected chi connectivity index (χ1v) is 6.30. The molecule has 0 amide bonds. The number of benzene rings is 1. The fourth-order valence-corrected chi connectivity index (χ4v) is 1.69. The van der Waals surface area contributed by atoms with Crippen molar-refractivity contribution in [2.45, 2.75) is 13.0 Å². The lowest BCUT2D eigenvalue weighted by atomic mass is 10.2. The monoisotopic (exact) mass is 231 g/mol. The molecule has 0 unspecified atom stereocenters. The van der Waals surface area contributed by atoms with Crippen LogP contribution in [-0.4, -0.2) is 20.7 Å². The maximum absolute atomic E-state index is 12.1. The van der Waals surface area contributed by atoms with Gasteiger partial charge in [0.2, 0.25) is 0 Å². The highest BCUT2D eigenvalue weighted by molar-refractivity contribution is 7.86. The van der Waals surface area contributed by atoms with E-state index in [2.05, 4.69) is 5.32 Å². The molecule has 5 heteroatoms. The lowest BCUT2D eigenvalue weighted by Crippen LogP contribution is -2.17. The molecule has 0 radical (unpaired) electrons. The average molecular weight is 231 g/mol. The third-order valence-corrected chi connectivity index (χ3v) is 2.69. The first-order chi connectivity index (χ1) is 7.08.